The fourth-order valence-electron chi connectivity index (χ4n) is 1.91. The van der Waals surface area contributed by atoms with E-state index in [4.69, 9.17) is 27.9 Å². The highest BCUT2D eigenvalue weighted by atomic mass is 35.5. The maximum Gasteiger partial charge on any atom is 0.218 e. The van der Waals surface area contributed by atoms with Crippen LogP contribution in [0.4, 0.5) is 0 Å². The van der Waals surface area contributed by atoms with Gasteiger partial charge in [-0.25, -0.2) is 4.98 Å². The molecular formula is C15H18Cl2N2OS. The summed E-state index contributed by atoms with van der Waals surface area (Å²) in [6.07, 6.45) is 1.83. The van der Waals surface area contributed by atoms with Crippen molar-refractivity contribution in [3.8, 4) is 5.88 Å². The first-order valence-corrected chi connectivity index (χ1v) is 8.33. The van der Waals surface area contributed by atoms with Crippen LogP contribution in [-0.4, -0.2) is 11.1 Å². The Hall–Kier alpha value is -0.810. The number of ether oxygens (including phenoxy) is 1. The van der Waals surface area contributed by atoms with E-state index in [-0.39, 0.29) is 12.1 Å². The summed E-state index contributed by atoms with van der Waals surface area (Å²) in [6.45, 7) is 6.69. The average Bonchev–Trinajstić information content (AvgIpc) is 2.76. The van der Waals surface area contributed by atoms with Gasteiger partial charge in [-0.2, -0.15) is 0 Å². The summed E-state index contributed by atoms with van der Waals surface area (Å²) in [6, 6.07) is 5.92. The molecule has 6 heteroatoms. The molecule has 1 N–H and O–H groups in total. The Bertz CT molecular complexity index is 601. The second-order valence-corrected chi connectivity index (χ2v) is 7.30. The molecule has 0 aliphatic rings. The Labute approximate surface area is 139 Å². The molecule has 2 aromatic heterocycles. The molecule has 0 saturated heterocycles. The van der Waals surface area contributed by atoms with Gasteiger partial charge in [0.2, 0.25) is 5.88 Å². The number of hydrogen-bond acceptors (Lipinski definition) is 4. The van der Waals surface area contributed by atoms with Gasteiger partial charge in [0, 0.05) is 24.3 Å². The molecule has 1 unspecified atom stereocenters. The van der Waals surface area contributed by atoms with Gasteiger partial charge in [-0.1, -0.05) is 29.3 Å². The van der Waals surface area contributed by atoms with Crippen molar-refractivity contribution in [2.75, 3.05) is 0 Å². The lowest BCUT2D eigenvalue weighted by Crippen LogP contribution is -2.19. The highest BCUT2D eigenvalue weighted by Crippen LogP contribution is 2.35. The number of hydrogen-bond donors (Lipinski definition) is 1. The zero-order chi connectivity index (χ0) is 15.4. The SMILES string of the molecule is CC(C)Oc1ncccc1CNC(C)c1cc(Cl)sc1Cl. The molecular weight excluding hydrogens is 327 g/mol. The van der Waals surface area contributed by atoms with Crippen LogP contribution in [0.3, 0.4) is 0 Å². The van der Waals surface area contributed by atoms with E-state index in [9.17, 15) is 0 Å². The van der Waals surface area contributed by atoms with Gasteiger partial charge in [-0.3, -0.25) is 0 Å². The van der Waals surface area contributed by atoms with Crippen molar-refractivity contribution in [2.45, 2.75) is 39.5 Å². The van der Waals surface area contributed by atoms with Gasteiger partial charge < -0.3 is 10.1 Å². The Morgan fingerprint density at radius 2 is 2.10 bits per heavy atom. The molecule has 0 spiro atoms. The summed E-state index contributed by atoms with van der Waals surface area (Å²) in [7, 11) is 0. The Balaban J connectivity index is 2.04. The molecule has 0 bridgehead atoms. The van der Waals surface area contributed by atoms with E-state index in [1.54, 1.807) is 6.20 Å². The lowest BCUT2D eigenvalue weighted by Gasteiger charge is -2.16. The predicted molar refractivity (Wildman–Crippen MR) is 89.6 cm³/mol. The summed E-state index contributed by atoms with van der Waals surface area (Å²) in [5.74, 6) is 0.668. The van der Waals surface area contributed by atoms with Crippen molar-refractivity contribution in [1.82, 2.24) is 10.3 Å². The number of nitrogens with zero attached hydrogens (tertiary/aromatic N) is 1. The summed E-state index contributed by atoms with van der Waals surface area (Å²) in [5.41, 5.74) is 2.04. The first-order valence-electron chi connectivity index (χ1n) is 6.76. The molecule has 0 aliphatic heterocycles. The first kappa shape index (κ1) is 16.6. The Morgan fingerprint density at radius 1 is 1.33 bits per heavy atom. The normalized spacial score (nSPS) is 12.7. The van der Waals surface area contributed by atoms with Crippen LogP contribution in [0.5, 0.6) is 5.88 Å². The van der Waals surface area contributed by atoms with E-state index in [0.717, 1.165) is 15.5 Å². The van der Waals surface area contributed by atoms with E-state index < -0.39 is 0 Å². The zero-order valence-corrected chi connectivity index (χ0v) is 14.5. The number of pyridine rings is 1. The van der Waals surface area contributed by atoms with Crippen molar-refractivity contribution >= 4 is 34.5 Å². The summed E-state index contributed by atoms with van der Waals surface area (Å²) in [4.78, 5) is 4.28. The molecule has 0 fully saturated rings. The van der Waals surface area contributed by atoms with Gasteiger partial charge >= 0.3 is 0 Å². The van der Waals surface area contributed by atoms with Crippen LogP contribution in [0.1, 0.15) is 37.9 Å². The molecule has 0 amide bonds. The molecule has 3 nitrogen and oxygen atoms in total. The van der Waals surface area contributed by atoms with Crippen LogP contribution in [0.2, 0.25) is 8.67 Å². The standard InChI is InChI=1S/C15H18Cl2N2OS/c1-9(2)20-15-11(5-4-6-18-15)8-19-10(3)12-7-13(16)21-14(12)17/h4-7,9-10,19H,8H2,1-3H3. The fraction of sp³-hybridized carbons (Fsp3) is 0.400. The maximum atomic E-state index is 6.18. The second-order valence-electron chi connectivity index (χ2n) is 5.02. The van der Waals surface area contributed by atoms with Crippen molar-refractivity contribution in [2.24, 2.45) is 0 Å². The molecule has 1 atom stereocenters. The topological polar surface area (TPSA) is 34.1 Å². The zero-order valence-electron chi connectivity index (χ0n) is 12.2. The molecule has 0 saturated carbocycles. The van der Waals surface area contributed by atoms with Gasteiger partial charge in [0.25, 0.3) is 0 Å². The van der Waals surface area contributed by atoms with Crippen molar-refractivity contribution in [1.29, 1.82) is 0 Å². The third-order valence-electron chi connectivity index (χ3n) is 2.95. The van der Waals surface area contributed by atoms with E-state index in [1.165, 1.54) is 11.3 Å². The highest BCUT2D eigenvalue weighted by Gasteiger charge is 2.14. The van der Waals surface area contributed by atoms with Gasteiger partial charge in [0.15, 0.2) is 0 Å². The van der Waals surface area contributed by atoms with Crippen molar-refractivity contribution in [3.63, 3.8) is 0 Å². The minimum atomic E-state index is 0.0983. The van der Waals surface area contributed by atoms with Gasteiger partial charge in [0.05, 0.1) is 14.8 Å². The average molecular weight is 345 g/mol. The number of halogens is 2. The summed E-state index contributed by atoms with van der Waals surface area (Å²) in [5, 5.41) is 3.43. The molecule has 21 heavy (non-hydrogen) atoms. The van der Waals surface area contributed by atoms with Gasteiger partial charge in [0.1, 0.15) is 0 Å². The first-order chi connectivity index (χ1) is 9.97. The Kier molecular flexibility index (Phi) is 5.88. The number of nitrogens with one attached hydrogen (secondary N) is 1. The monoisotopic (exact) mass is 344 g/mol. The van der Waals surface area contributed by atoms with E-state index in [2.05, 4.69) is 17.2 Å². The molecule has 0 radical (unpaired) electrons. The van der Waals surface area contributed by atoms with E-state index in [0.29, 0.717) is 16.8 Å². The predicted octanol–water partition coefficient (Wildman–Crippen LogP) is 5.09. The molecule has 2 aromatic rings. The number of rotatable bonds is 6. The van der Waals surface area contributed by atoms with E-state index >= 15 is 0 Å². The second kappa shape index (κ2) is 7.45. The van der Waals surface area contributed by atoms with Gasteiger partial charge in [-0.15, -0.1) is 11.3 Å². The minimum Gasteiger partial charge on any atom is -0.475 e. The third kappa shape index (κ3) is 4.58. The van der Waals surface area contributed by atoms with Crippen LogP contribution >= 0.6 is 34.5 Å². The molecule has 114 valence electrons. The lowest BCUT2D eigenvalue weighted by molar-refractivity contribution is 0.229. The van der Waals surface area contributed by atoms with Crippen LogP contribution in [0.15, 0.2) is 24.4 Å². The van der Waals surface area contributed by atoms with Crippen LogP contribution in [0, 0.1) is 0 Å². The van der Waals surface area contributed by atoms with Crippen molar-refractivity contribution in [3.05, 3.63) is 44.2 Å². The maximum absolute atomic E-state index is 6.18. The quantitative estimate of drug-likeness (QED) is 0.792. The third-order valence-corrected chi connectivity index (χ3v) is 4.46. The van der Waals surface area contributed by atoms with E-state index in [1.807, 2.05) is 32.0 Å². The smallest absolute Gasteiger partial charge is 0.218 e. The summed E-state index contributed by atoms with van der Waals surface area (Å²) >= 11 is 13.5. The van der Waals surface area contributed by atoms with Crippen molar-refractivity contribution < 1.29 is 4.74 Å². The van der Waals surface area contributed by atoms with Crippen LogP contribution in [0.25, 0.3) is 0 Å². The van der Waals surface area contributed by atoms with Crippen LogP contribution in [-0.2, 0) is 6.54 Å². The number of aromatic nitrogens is 1. The highest BCUT2D eigenvalue weighted by molar-refractivity contribution is 7.20. The van der Waals surface area contributed by atoms with Gasteiger partial charge in [-0.05, 0) is 38.5 Å². The van der Waals surface area contributed by atoms with Crippen LogP contribution < -0.4 is 10.1 Å². The lowest BCUT2D eigenvalue weighted by atomic mass is 10.1. The number of thiophene rings is 1. The molecule has 0 aliphatic carbocycles. The minimum absolute atomic E-state index is 0.0983. The largest absolute Gasteiger partial charge is 0.475 e. The Morgan fingerprint density at radius 3 is 2.71 bits per heavy atom. The molecule has 0 aromatic carbocycles. The fourth-order valence-corrected chi connectivity index (χ4v) is 3.55. The molecule has 2 heterocycles. The summed E-state index contributed by atoms with van der Waals surface area (Å²) < 4.78 is 7.14. The molecule has 2 rings (SSSR count).